The first kappa shape index (κ1) is 14.7. The first-order valence-electron chi connectivity index (χ1n) is 7.03. The number of hydrogen-bond acceptors (Lipinski definition) is 4. The molecule has 0 unspecified atom stereocenters. The average molecular weight is 279 g/mol. The molecule has 2 rings (SSSR count). The molecule has 1 aromatic heterocycles. The number of aromatic nitrogens is 2. The Bertz CT molecular complexity index is 541. The van der Waals surface area contributed by atoms with Crippen molar-refractivity contribution < 1.29 is 9.90 Å². The van der Waals surface area contributed by atoms with Gasteiger partial charge in [-0.15, -0.1) is 0 Å². The topological polar surface area (TPSA) is 75.4 Å². The van der Waals surface area contributed by atoms with Gasteiger partial charge in [0, 0.05) is 25.7 Å². The Morgan fingerprint density at radius 2 is 2.05 bits per heavy atom. The van der Waals surface area contributed by atoms with Crippen LogP contribution in [-0.4, -0.2) is 44.4 Å². The number of hydrogen-bond donors (Lipinski definition) is 1. The zero-order valence-corrected chi connectivity index (χ0v) is 12.0. The molecule has 6 heteroatoms. The highest BCUT2D eigenvalue weighted by Gasteiger charge is 2.30. The molecule has 0 radical (unpaired) electrons. The number of piperidine rings is 1. The lowest BCUT2D eigenvalue weighted by molar-refractivity contribution is -0.00226. The molecule has 110 valence electrons. The molecule has 1 aliphatic rings. The maximum absolute atomic E-state index is 12.3. The van der Waals surface area contributed by atoms with Crippen LogP contribution >= 0.6 is 0 Å². The van der Waals surface area contributed by atoms with Crippen molar-refractivity contribution in [1.29, 1.82) is 0 Å². The molecule has 1 fully saturated rings. The summed E-state index contributed by atoms with van der Waals surface area (Å²) in [5, 5.41) is 14.0. The van der Waals surface area contributed by atoms with Crippen LogP contribution < -0.4 is 5.56 Å². The fraction of sp³-hybridized carbons (Fsp3) is 0.643. The molecule has 0 atom stereocenters. The fourth-order valence-electron chi connectivity index (χ4n) is 2.29. The molecule has 1 saturated heterocycles. The van der Waals surface area contributed by atoms with Crippen molar-refractivity contribution in [3.63, 3.8) is 0 Å². The minimum Gasteiger partial charge on any atom is -0.390 e. The SMILES string of the molecule is CCCn1nc(C(=O)N2CCC(C)(O)CC2)ccc1=O. The summed E-state index contributed by atoms with van der Waals surface area (Å²) in [6.07, 6.45) is 1.91. The predicted molar refractivity (Wildman–Crippen MR) is 74.5 cm³/mol. The molecule has 0 saturated carbocycles. The largest absolute Gasteiger partial charge is 0.390 e. The van der Waals surface area contributed by atoms with Crippen LogP contribution in [0.25, 0.3) is 0 Å². The smallest absolute Gasteiger partial charge is 0.274 e. The van der Waals surface area contributed by atoms with E-state index >= 15 is 0 Å². The number of likely N-dealkylation sites (tertiary alicyclic amines) is 1. The van der Waals surface area contributed by atoms with E-state index in [-0.39, 0.29) is 11.5 Å². The van der Waals surface area contributed by atoms with Crippen molar-refractivity contribution in [1.82, 2.24) is 14.7 Å². The predicted octanol–water partition coefficient (Wildman–Crippen LogP) is 0.640. The van der Waals surface area contributed by atoms with Crippen LogP contribution in [0.5, 0.6) is 0 Å². The number of rotatable bonds is 3. The van der Waals surface area contributed by atoms with E-state index in [0.717, 1.165) is 6.42 Å². The molecule has 0 bridgehead atoms. The van der Waals surface area contributed by atoms with Crippen molar-refractivity contribution in [2.45, 2.75) is 45.3 Å². The van der Waals surface area contributed by atoms with Crippen molar-refractivity contribution in [3.8, 4) is 0 Å². The zero-order chi connectivity index (χ0) is 14.8. The number of aryl methyl sites for hydroxylation is 1. The van der Waals surface area contributed by atoms with Gasteiger partial charge in [-0.05, 0) is 32.3 Å². The maximum atomic E-state index is 12.3. The van der Waals surface area contributed by atoms with Gasteiger partial charge in [0.15, 0.2) is 0 Å². The summed E-state index contributed by atoms with van der Waals surface area (Å²) in [4.78, 5) is 25.6. The molecular weight excluding hydrogens is 258 g/mol. The third kappa shape index (κ3) is 3.25. The molecule has 1 amide bonds. The number of carbonyl (C=O) groups is 1. The molecule has 0 aromatic carbocycles. The molecule has 1 aromatic rings. The Morgan fingerprint density at radius 1 is 1.40 bits per heavy atom. The molecule has 2 heterocycles. The first-order chi connectivity index (χ1) is 9.43. The molecule has 20 heavy (non-hydrogen) atoms. The summed E-state index contributed by atoms with van der Waals surface area (Å²) in [6.45, 7) is 5.28. The van der Waals surface area contributed by atoms with Gasteiger partial charge in [0.2, 0.25) is 0 Å². The third-order valence-electron chi connectivity index (χ3n) is 3.65. The summed E-state index contributed by atoms with van der Waals surface area (Å²) in [6, 6.07) is 2.86. The molecular formula is C14H21N3O3. The van der Waals surface area contributed by atoms with E-state index in [1.165, 1.54) is 16.8 Å². The standard InChI is InChI=1S/C14H21N3O3/c1-3-8-17-12(18)5-4-11(15-17)13(19)16-9-6-14(2,20)7-10-16/h4-5,20H,3,6-10H2,1-2H3. The van der Waals surface area contributed by atoms with Crippen LogP contribution in [0.1, 0.15) is 43.6 Å². The Morgan fingerprint density at radius 3 is 2.65 bits per heavy atom. The van der Waals surface area contributed by atoms with Crippen LogP contribution in [0.4, 0.5) is 0 Å². The Balaban J connectivity index is 2.13. The van der Waals surface area contributed by atoms with Crippen LogP contribution in [0, 0.1) is 0 Å². The van der Waals surface area contributed by atoms with E-state index in [2.05, 4.69) is 5.10 Å². The summed E-state index contributed by atoms with van der Waals surface area (Å²) < 4.78 is 1.33. The van der Waals surface area contributed by atoms with Crippen LogP contribution in [0.3, 0.4) is 0 Å². The Labute approximate surface area is 118 Å². The summed E-state index contributed by atoms with van der Waals surface area (Å²) in [5.74, 6) is -0.176. The monoisotopic (exact) mass is 279 g/mol. The maximum Gasteiger partial charge on any atom is 0.274 e. The van der Waals surface area contributed by atoms with Gasteiger partial charge in [0.05, 0.1) is 5.60 Å². The number of amides is 1. The molecule has 1 aliphatic heterocycles. The fourth-order valence-corrected chi connectivity index (χ4v) is 2.29. The second-order valence-corrected chi connectivity index (χ2v) is 5.57. The van der Waals surface area contributed by atoms with Crippen molar-refractivity contribution in [3.05, 3.63) is 28.2 Å². The van der Waals surface area contributed by atoms with Crippen LogP contribution in [-0.2, 0) is 6.54 Å². The van der Waals surface area contributed by atoms with Gasteiger partial charge in [-0.25, -0.2) is 4.68 Å². The van der Waals surface area contributed by atoms with Gasteiger partial charge >= 0.3 is 0 Å². The summed E-state index contributed by atoms with van der Waals surface area (Å²) in [7, 11) is 0. The number of carbonyl (C=O) groups excluding carboxylic acids is 1. The van der Waals surface area contributed by atoms with Crippen molar-refractivity contribution in [2.75, 3.05) is 13.1 Å². The highest BCUT2D eigenvalue weighted by Crippen LogP contribution is 2.21. The third-order valence-corrected chi connectivity index (χ3v) is 3.65. The summed E-state index contributed by atoms with van der Waals surface area (Å²) in [5.41, 5.74) is -0.588. The molecule has 0 aliphatic carbocycles. The Hall–Kier alpha value is -1.69. The highest BCUT2D eigenvalue weighted by atomic mass is 16.3. The molecule has 1 N–H and O–H groups in total. The second-order valence-electron chi connectivity index (χ2n) is 5.57. The minimum atomic E-state index is -0.689. The van der Waals surface area contributed by atoms with E-state index in [4.69, 9.17) is 0 Å². The van der Waals surface area contributed by atoms with E-state index in [1.807, 2.05) is 6.92 Å². The molecule has 6 nitrogen and oxygen atoms in total. The van der Waals surface area contributed by atoms with E-state index < -0.39 is 5.60 Å². The van der Waals surface area contributed by atoms with E-state index in [0.29, 0.717) is 38.2 Å². The second kappa shape index (κ2) is 5.75. The average Bonchev–Trinajstić information content (AvgIpc) is 2.41. The van der Waals surface area contributed by atoms with Crippen LogP contribution in [0.2, 0.25) is 0 Å². The lowest BCUT2D eigenvalue weighted by Gasteiger charge is -2.35. The zero-order valence-electron chi connectivity index (χ0n) is 12.0. The van der Waals surface area contributed by atoms with Gasteiger partial charge in [0.25, 0.3) is 11.5 Å². The van der Waals surface area contributed by atoms with Crippen molar-refractivity contribution >= 4 is 5.91 Å². The number of nitrogens with zero attached hydrogens (tertiary/aromatic N) is 3. The quantitative estimate of drug-likeness (QED) is 0.881. The van der Waals surface area contributed by atoms with E-state index in [9.17, 15) is 14.7 Å². The Kier molecular flexibility index (Phi) is 4.23. The molecule has 0 spiro atoms. The van der Waals surface area contributed by atoms with Gasteiger partial charge in [-0.1, -0.05) is 6.92 Å². The minimum absolute atomic E-state index is 0.176. The van der Waals surface area contributed by atoms with Gasteiger partial charge < -0.3 is 10.0 Å². The van der Waals surface area contributed by atoms with Gasteiger partial charge in [0.1, 0.15) is 5.69 Å². The summed E-state index contributed by atoms with van der Waals surface area (Å²) >= 11 is 0. The normalized spacial score (nSPS) is 18.1. The lowest BCUT2D eigenvalue weighted by Crippen LogP contribution is -2.45. The van der Waals surface area contributed by atoms with E-state index in [1.54, 1.807) is 11.8 Å². The highest BCUT2D eigenvalue weighted by molar-refractivity contribution is 5.92. The van der Waals surface area contributed by atoms with Crippen molar-refractivity contribution in [2.24, 2.45) is 0 Å². The lowest BCUT2D eigenvalue weighted by atomic mass is 9.94. The van der Waals surface area contributed by atoms with Crippen LogP contribution in [0.15, 0.2) is 16.9 Å². The number of aliphatic hydroxyl groups is 1. The first-order valence-corrected chi connectivity index (χ1v) is 7.03. The van der Waals surface area contributed by atoms with Gasteiger partial charge in [-0.3, -0.25) is 9.59 Å². The van der Waals surface area contributed by atoms with Gasteiger partial charge in [-0.2, -0.15) is 5.10 Å².